The van der Waals surface area contributed by atoms with Crippen LogP contribution in [-0.4, -0.2) is 31.1 Å². The average Bonchev–Trinajstić information content (AvgIpc) is 3.17. The normalized spacial score (nSPS) is 30.2. The van der Waals surface area contributed by atoms with Gasteiger partial charge in [0, 0.05) is 23.6 Å². The van der Waals surface area contributed by atoms with Crippen LogP contribution in [0.5, 0.6) is 17.2 Å². The van der Waals surface area contributed by atoms with Crippen molar-refractivity contribution in [2.75, 3.05) is 13.9 Å². The van der Waals surface area contributed by atoms with Crippen molar-refractivity contribution in [2.45, 2.75) is 38.4 Å². The van der Waals surface area contributed by atoms with Gasteiger partial charge in [-0.2, -0.15) is 0 Å². The quantitative estimate of drug-likeness (QED) is 0.628. The van der Waals surface area contributed by atoms with Gasteiger partial charge in [-0.25, -0.2) is 0 Å². The summed E-state index contributed by atoms with van der Waals surface area (Å²) >= 11 is 0. The van der Waals surface area contributed by atoms with E-state index in [1.165, 1.54) is 0 Å². The van der Waals surface area contributed by atoms with Gasteiger partial charge in [-0.1, -0.05) is 11.6 Å². The molecule has 2 aliphatic heterocycles. The fourth-order valence-electron chi connectivity index (χ4n) is 3.73. The molecule has 1 aromatic rings. The Kier molecular flexibility index (Phi) is 3.64. The third kappa shape index (κ3) is 2.33. The molecule has 6 heteroatoms. The van der Waals surface area contributed by atoms with Gasteiger partial charge in [-0.3, -0.25) is 4.79 Å². The minimum absolute atomic E-state index is 0.170. The van der Waals surface area contributed by atoms with Gasteiger partial charge in [0.1, 0.15) is 11.9 Å². The molecule has 1 fully saturated rings. The Morgan fingerprint density at radius 1 is 1.33 bits per heavy atom. The van der Waals surface area contributed by atoms with E-state index in [0.29, 0.717) is 36.5 Å². The molecule has 1 saturated heterocycles. The van der Waals surface area contributed by atoms with Crippen LogP contribution in [0.25, 0.3) is 0 Å². The maximum atomic E-state index is 12.2. The van der Waals surface area contributed by atoms with Gasteiger partial charge in [0.05, 0.1) is 19.1 Å². The first kappa shape index (κ1) is 15.3. The van der Waals surface area contributed by atoms with E-state index in [0.717, 1.165) is 16.7 Å². The number of allylic oxidation sites excluding steroid dienone is 1. The molecule has 0 spiro atoms. The summed E-state index contributed by atoms with van der Waals surface area (Å²) in [5.41, 5.74) is 2.85. The molecule has 128 valence electrons. The van der Waals surface area contributed by atoms with Gasteiger partial charge in [-0.05, 0) is 19.8 Å². The minimum Gasteiger partial charge on any atom is -0.496 e. The highest BCUT2D eigenvalue weighted by Gasteiger charge is 2.43. The minimum atomic E-state index is -0.723. The maximum absolute atomic E-state index is 12.2. The topological polar surface area (TPSA) is 74.2 Å². The molecule has 0 radical (unpaired) electrons. The van der Waals surface area contributed by atoms with E-state index in [2.05, 4.69) is 0 Å². The zero-order chi connectivity index (χ0) is 16.8. The molecule has 1 N–H and O–H groups in total. The Bertz CT molecular complexity index is 723. The number of methoxy groups -OCH3 is 1. The highest BCUT2D eigenvalue weighted by molar-refractivity contribution is 5.76. The lowest BCUT2D eigenvalue weighted by molar-refractivity contribution is -0.146. The first-order valence-corrected chi connectivity index (χ1v) is 8.12. The monoisotopic (exact) mass is 332 g/mol. The summed E-state index contributed by atoms with van der Waals surface area (Å²) in [6.07, 6.45) is 2.32. The second kappa shape index (κ2) is 5.70. The van der Waals surface area contributed by atoms with Crippen LogP contribution in [0.4, 0.5) is 0 Å². The van der Waals surface area contributed by atoms with E-state index in [4.69, 9.17) is 18.9 Å². The van der Waals surface area contributed by atoms with E-state index in [-0.39, 0.29) is 12.8 Å². The van der Waals surface area contributed by atoms with Gasteiger partial charge >= 0.3 is 5.97 Å². The molecule has 3 atom stereocenters. The molecule has 1 aromatic carbocycles. The van der Waals surface area contributed by atoms with Gasteiger partial charge in [0.25, 0.3) is 0 Å². The van der Waals surface area contributed by atoms with Crippen LogP contribution in [0, 0.1) is 5.92 Å². The standard InChI is InChI=1S/C18H20O6/c1-9-3-4-12(19)10-6-14(24-18(10)20)16-11(5-9)17-15(22-8-23-17)7-13(16)21-2/h3,7,10,12,14,19H,4-6,8H2,1-2H3/b9-3-/t10-,12-,14+/m1/s1. The van der Waals surface area contributed by atoms with Crippen LogP contribution in [-0.2, 0) is 16.0 Å². The van der Waals surface area contributed by atoms with Crippen molar-refractivity contribution in [3.63, 3.8) is 0 Å². The third-order valence-corrected chi connectivity index (χ3v) is 4.97. The molecule has 2 bridgehead atoms. The lowest BCUT2D eigenvalue weighted by atomic mass is 9.87. The molecule has 0 aromatic heterocycles. The zero-order valence-electron chi connectivity index (χ0n) is 13.7. The number of aliphatic hydroxyl groups excluding tert-OH is 1. The SMILES string of the molecule is COc1cc2c(c3c1[C@@H]1C[C@@H](C(=O)O1)[C@H](O)C/C=C(/C)C3)OCO2. The Labute approximate surface area is 140 Å². The van der Waals surface area contributed by atoms with E-state index in [1.807, 2.05) is 13.0 Å². The van der Waals surface area contributed by atoms with Crippen molar-refractivity contribution in [3.8, 4) is 17.2 Å². The lowest BCUT2D eigenvalue weighted by Crippen LogP contribution is -2.24. The van der Waals surface area contributed by atoms with Crippen LogP contribution >= 0.6 is 0 Å². The molecule has 3 aliphatic rings. The number of hydrogen-bond acceptors (Lipinski definition) is 6. The van der Waals surface area contributed by atoms with E-state index >= 15 is 0 Å². The van der Waals surface area contributed by atoms with Crippen LogP contribution in [0.2, 0.25) is 0 Å². The van der Waals surface area contributed by atoms with Gasteiger partial charge in [0.2, 0.25) is 6.79 Å². The largest absolute Gasteiger partial charge is 0.496 e. The molecule has 4 rings (SSSR count). The molecular formula is C18H20O6. The van der Waals surface area contributed by atoms with Crippen molar-refractivity contribution in [2.24, 2.45) is 5.92 Å². The number of hydrogen-bond donors (Lipinski definition) is 1. The van der Waals surface area contributed by atoms with Crippen molar-refractivity contribution < 1.29 is 28.8 Å². The Morgan fingerprint density at radius 2 is 2.17 bits per heavy atom. The highest BCUT2D eigenvalue weighted by Crippen LogP contribution is 2.50. The zero-order valence-corrected chi connectivity index (χ0v) is 13.7. The first-order chi connectivity index (χ1) is 11.6. The number of aliphatic hydroxyl groups is 1. The van der Waals surface area contributed by atoms with Crippen LogP contribution in [0.1, 0.15) is 37.0 Å². The summed E-state index contributed by atoms with van der Waals surface area (Å²) in [5, 5.41) is 10.3. The summed E-state index contributed by atoms with van der Waals surface area (Å²) in [6.45, 7) is 2.17. The number of benzene rings is 1. The van der Waals surface area contributed by atoms with E-state index < -0.39 is 18.1 Å². The molecule has 24 heavy (non-hydrogen) atoms. The fraction of sp³-hybridized carbons (Fsp3) is 0.500. The van der Waals surface area contributed by atoms with Gasteiger partial charge in [-0.15, -0.1) is 0 Å². The Balaban J connectivity index is 1.91. The number of ether oxygens (including phenoxy) is 4. The number of carbonyl (C=O) groups is 1. The van der Waals surface area contributed by atoms with Crippen molar-refractivity contribution in [1.29, 1.82) is 0 Å². The first-order valence-electron chi connectivity index (χ1n) is 8.12. The summed E-state index contributed by atoms with van der Waals surface area (Å²) in [7, 11) is 1.59. The maximum Gasteiger partial charge on any atom is 0.312 e. The van der Waals surface area contributed by atoms with Crippen LogP contribution < -0.4 is 14.2 Å². The predicted molar refractivity (Wildman–Crippen MR) is 84.1 cm³/mol. The van der Waals surface area contributed by atoms with Gasteiger partial charge < -0.3 is 24.1 Å². The van der Waals surface area contributed by atoms with Crippen molar-refractivity contribution in [3.05, 3.63) is 28.8 Å². The number of fused-ring (bicyclic) bond motifs is 6. The smallest absolute Gasteiger partial charge is 0.312 e. The van der Waals surface area contributed by atoms with E-state index in [1.54, 1.807) is 13.2 Å². The van der Waals surface area contributed by atoms with Crippen molar-refractivity contribution >= 4 is 5.97 Å². The lowest BCUT2D eigenvalue weighted by Gasteiger charge is -2.21. The Hall–Kier alpha value is -2.21. The second-order valence-electron chi connectivity index (χ2n) is 6.50. The number of rotatable bonds is 1. The molecule has 2 heterocycles. The summed E-state index contributed by atoms with van der Waals surface area (Å²) in [4.78, 5) is 12.2. The van der Waals surface area contributed by atoms with Gasteiger partial charge in [0.15, 0.2) is 11.5 Å². The second-order valence-corrected chi connectivity index (χ2v) is 6.50. The van der Waals surface area contributed by atoms with Crippen LogP contribution in [0.15, 0.2) is 17.7 Å². The third-order valence-electron chi connectivity index (χ3n) is 4.97. The Morgan fingerprint density at radius 3 is 2.96 bits per heavy atom. The molecule has 0 saturated carbocycles. The fourth-order valence-corrected chi connectivity index (χ4v) is 3.73. The molecule has 6 nitrogen and oxygen atoms in total. The highest BCUT2D eigenvalue weighted by atomic mass is 16.7. The average molecular weight is 332 g/mol. The van der Waals surface area contributed by atoms with Crippen LogP contribution in [0.3, 0.4) is 0 Å². The predicted octanol–water partition coefficient (Wildman–Crippen LogP) is 2.28. The van der Waals surface area contributed by atoms with Crippen molar-refractivity contribution in [1.82, 2.24) is 0 Å². The summed E-state index contributed by atoms with van der Waals surface area (Å²) < 4.78 is 22.3. The molecule has 0 amide bonds. The number of carbonyl (C=O) groups excluding carboxylic acids is 1. The van der Waals surface area contributed by atoms with E-state index in [9.17, 15) is 9.90 Å². The molecule has 0 unspecified atom stereocenters. The summed E-state index contributed by atoms with van der Waals surface area (Å²) in [5.74, 6) is 1.09. The number of esters is 1. The molecular weight excluding hydrogens is 312 g/mol. The molecule has 1 aliphatic carbocycles. The summed E-state index contributed by atoms with van der Waals surface area (Å²) in [6, 6.07) is 1.78.